The highest BCUT2D eigenvalue weighted by atomic mass is 79.9. The fraction of sp³-hybridized carbons (Fsp3) is 0.452. The molecule has 1 amide bonds. The van der Waals surface area contributed by atoms with Crippen LogP contribution in [-0.4, -0.2) is 65.0 Å². The fourth-order valence-electron chi connectivity index (χ4n) is 6.80. The summed E-state index contributed by atoms with van der Waals surface area (Å²) in [7, 11) is 0. The van der Waals surface area contributed by atoms with Gasteiger partial charge in [0.15, 0.2) is 6.23 Å². The van der Waals surface area contributed by atoms with E-state index in [1.54, 1.807) is 6.26 Å². The molecule has 6 nitrogen and oxygen atoms in total. The SMILES string of the molecule is O=C1N(Cc2ccc(Br)cc2)CCC12CCN(C[C@H]1CN(C(O)c3ccco3)C[C@@H]1c1ccccc1)CC2. The van der Waals surface area contributed by atoms with E-state index in [-0.39, 0.29) is 5.41 Å². The summed E-state index contributed by atoms with van der Waals surface area (Å²) in [5.41, 5.74) is 2.32. The molecule has 7 heteroatoms. The van der Waals surface area contributed by atoms with Crippen LogP contribution < -0.4 is 0 Å². The first kappa shape index (κ1) is 25.8. The third-order valence-electron chi connectivity index (χ3n) is 9.03. The number of hydrogen-bond donors (Lipinski definition) is 1. The van der Waals surface area contributed by atoms with Crippen LogP contribution in [-0.2, 0) is 11.3 Å². The third kappa shape index (κ3) is 5.22. The molecule has 1 N–H and O–H groups in total. The number of aliphatic hydroxyl groups is 1. The van der Waals surface area contributed by atoms with Crippen LogP contribution in [0.5, 0.6) is 0 Å². The van der Waals surface area contributed by atoms with E-state index >= 15 is 0 Å². The van der Waals surface area contributed by atoms with Crippen LogP contribution in [0.4, 0.5) is 0 Å². The van der Waals surface area contributed by atoms with Crippen molar-refractivity contribution in [2.75, 3.05) is 39.3 Å². The molecule has 6 rings (SSSR count). The van der Waals surface area contributed by atoms with E-state index in [1.165, 1.54) is 11.1 Å². The van der Waals surface area contributed by atoms with E-state index in [0.717, 1.165) is 63.0 Å². The summed E-state index contributed by atoms with van der Waals surface area (Å²) < 4.78 is 6.57. The second-order valence-electron chi connectivity index (χ2n) is 11.3. The number of carbonyl (C=O) groups excluding carboxylic acids is 1. The van der Waals surface area contributed by atoms with Crippen molar-refractivity contribution in [3.05, 3.63) is 94.4 Å². The number of carbonyl (C=O) groups is 1. The molecular formula is C31H36BrN3O3. The maximum atomic E-state index is 13.5. The van der Waals surface area contributed by atoms with Crippen LogP contribution >= 0.6 is 15.9 Å². The second-order valence-corrected chi connectivity index (χ2v) is 12.2. The van der Waals surface area contributed by atoms with E-state index < -0.39 is 6.23 Å². The fourth-order valence-corrected chi connectivity index (χ4v) is 7.06. The highest BCUT2D eigenvalue weighted by molar-refractivity contribution is 9.10. The Morgan fingerprint density at radius 1 is 0.947 bits per heavy atom. The van der Waals surface area contributed by atoms with Gasteiger partial charge in [-0.1, -0.05) is 58.4 Å². The molecule has 3 fully saturated rings. The lowest BCUT2D eigenvalue weighted by Crippen LogP contribution is -2.46. The van der Waals surface area contributed by atoms with Crippen molar-refractivity contribution in [2.24, 2.45) is 11.3 Å². The Hall–Kier alpha value is -2.45. The molecule has 3 aliphatic rings. The van der Waals surface area contributed by atoms with Gasteiger partial charge in [0.05, 0.1) is 11.7 Å². The van der Waals surface area contributed by atoms with Crippen molar-refractivity contribution >= 4 is 21.8 Å². The average Bonchev–Trinajstić information content (AvgIpc) is 3.69. The quantitative estimate of drug-likeness (QED) is 0.415. The number of nitrogens with zero attached hydrogens (tertiary/aromatic N) is 3. The van der Waals surface area contributed by atoms with Gasteiger partial charge in [0.25, 0.3) is 0 Å². The topological polar surface area (TPSA) is 60.2 Å². The van der Waals surface area contributed by atoms with Crippen LogP contribution in [0.1, 0.15) is 48.3 Å². The minimum absolute atomic E-state index is 0.193. The Balaban J connectivity index is 1.09. The van der Waals surface area contributed by atoms with Gasteiger partial charge in [0.1, 0.15) is 5.76 Å². The molecule has 0 bridgehead atoms. The van der Waals surface area contributed by atoms with Crippen LogP contribution in [0.15, 0.2) is 81.9 Å². The molecule has 3 saturated heterocycles. The van der Waals surface area contributed by atoms with Gasteiger partial charge in [-0.2, -0.15) is 0 Å². The first-order valence-electron chi connectivity index (χ1n) is 13.8. The Morgan fingerprint density at radius 2 is 1.68 bits per heavy atom. The number of benzene rings is 2. The van der Waals surface area contributed by atoms with Gasteiger partial charge in [-0.3, -0.25) is 9.69 Å². The molecule has 0 saturated carbocycles. The first-order valence-corrected chi connectivity index (χ1v) is 14.6. The molecule has 3 aromatic rings. The smallest absolute Gasteiger partial charge is 0.229 e. The van der Waals surface area contributed by atoms with Crippen LogP contribution in [0, 0.1) is 11.3 Å². The van der Waals surface area contributed by atoms with Crippen LogP contribution in [0.25, 0.3) is 0 Å². The van der Waals surface area contributed by atoms with Gasteiger partial charge in [-0.25, -0.2) is 0 Å². The first-order chi connectivity index (χ1) is 18.5. The Morgan fingerprint density at radius 3 is 2.39 bits per heavy atom. The zero-order valence-electron chi connectivity index (χ0n) is 21.7. The third-order valence-corrected chi connectivity index (χ3v) is 9.56. The molecule has 3 atom stereocenters. The van der Waals surface area contributed by atoms with Crippen molar-refractivity contribution in [3.8, 4) is 0 Å². The molecule has 3 aliphatic heterocycles. The predicted octanol–water partition coefficient (Wildman–Crippen LogP) is 5.26. The summed E-state index contributed by atoms with van der Waals surface area (Å²) in [6, 6.07) is 22.7. The zero-order valence-corrected chi connectivity index (χ0v) is 23.3. The van der Waals surface area contributed by atoms with Gasteiger partial charge < -0.3 is 19.3 Å². The predicted molar refractivity (Wildman–Crippen MR) is 150 cm³/mol. The lowest BCUT2D eigenvalue weighted by atomic mass is 9.76. The summed E-state index contributed by atoms with van der Waals surface area (Å²) in [6.45, 7) is 6.07. The van der Waals surface area contributed by atoms with E-state index in [4.69, 9.17) is 4.42 Å². The lowest BCUT2D eigenvalue weighted by molar-refractivity contribution is -0.139. The van der Waals surface area contributed by atoms with Crippen molar-refractivity contribution in [2.45, 2.75) is 38.0 Å². The molecule has 1 unspecified atom stereocenters. The molecule has 0 aliphatic carbocycles. The van der Waals surface area contributed by atoms with Crippen LogP contribution in [0.2, 0.25) is 0 Å². The van der Waals surface area contributed by atoms with Gasteiger partial charge in [0.2, 0.25) is 5.91 Å². The largest absolute Gasteiger partial charge is 0.465 e. The second kappa shape index (κ2) is 11.0. The maximum Gasteiger partial charge on any atom is 0.229 e. The normalized spacial score (nSPS) is 24.9. The van der Waals surface area contributed by atoms with Crippen LogP contribution in [0.3, 0.4) is 0 Å². The van der Waals surface area contributed by atoms with Crippen molar-refractivity contribution in [3.63, 3.8) is 0 Å². The molecule has 2 aromatic carbocycles. The number of furan rings is 1. The summed E-state index contributed by atoms with van der Waals surface area (Å²) >= 11 is 3.50. The summed E-state index contributed by atoms with van der Waals surface area (Å²) in [5.74, 6) is 1.70. The minimum atomic E-state index is -0.723. The number of likely N-dealkylation sites (tertiary alicyclic amines) is 3. The lowest BCUT2D eigenvalue weighted by Gasteiger charge is -2.39. The summed E-state index contributed by atoms with van der Waals surface area (Å²) in [5, 5.41) is 11.0. The molecular weight excluding hydrogens is 542 g/mol. The highest BCUT2D eigenvalue weighted by Gasteiger charge is 2.48. The van der Waals surface area contributed by atoms with E-state index in [9.17, 15) is 9.90 Å². The minimum Gasteiger partial charge on any atom is -0.465 e. The van der Waals surface area contributed by atoms with Gasteiger partial charge in [0, 0.05) is 43.1 Å². The van der Waals surface area contributed by atoms with Crippen molar-refractivity contribution in [1.29, 1.82) is 0 Å². The maximum absolute atomic E-state index is 13.5. The molecule has 1 spiro atoms. The molecule has 0 radical (unpaired) electrons. The highest BCUT2D eigenvalue weighted by Crippen LogP contribution is 2.43. The number of hydrogen-bond acceptors (Lipinski definition) is 5. The standard InChI is InChI=1S/C31H36BrN3O3/c32-26-10-8-23(9-11-26)19-34-17-14-31(30(34)37)12-15-33(16-13-31)20-25-21-35(29(36)28-7-4-18-38-28)22-27(25)24-5-2-1-3-6-24/h1-11,18,25,27,29,36H,12-17,19-22H2/t25-,27+,29?/m0/s1. The average molecular weight is 579 g/mol. The number of rotatable bonds is 7. The number of amides is 1. The van der Waals surface area contributed by atoms with Crippen molar-refractivity contribution in [1.82, 2.24) is 14.7 Å². The van der Waals surface area contributed by atoms with Gasteiger partial charge in [-0.05, 0) is 73.7 Å². The Bertz CT molecular complexity index is 1210. The Kier molecular flexibility index (Phi) is 7.45. The zero-order chi connectivity index (χ0) is 26.1. The van der Waals surface area contributed by atoms with Gasteiger partial charge in [-0.15, -0.1) is 0 Å². The molecule has 200 valence electrons. The van der Waals surface area contributed by atoms with E-state index in [0.29, 0.717) is 30.0 Å². The summed E-state index contributed by atoms with van der Waals surface area (Å²) in [4.78, 5) is 20.3. The Labute approximate surface area is 233 Å². The number of halogens is 1. The molecule has 4 heterocycles. The van der Waals surface area contributed by atoms with E-state index in [1.807, 2.05) is 24.3 Å². The van der Waals surface area contributed by atoms with E-state index in [2.05, 4.69) is 73.1 Å². The summed E-state index contributed by atoms with van der Waals surface area (Å²) in [6.07, 6.45) is 3.73. The molecule has 38 heavy (non-hydrogen) atoms. The van der Waals surface area contributed by atoms with Gasteiger partial charge >= 0.3 is 0 Å². The monoisotopic (exact) mass is 577 g/mol. The number of aliphatic hydroxyl groups excluding tert-OH is 1. The van der Waals surface area contributed by atoms with Crippen molar-refractivity contribution < 1.29 is 14.3 Å². The molecule has 1 aromatic heterocycles. The number of piperidine rings is 1.